The van der Waals surface area contributed by atoms with E-state index in [2.05, 4.69) is 18.8 Å². The van der Waals surface area contributed by atoms with Crippen LogP contribution in [0.3, 0.4) is 0 Å². The van der Waals surface area contributed by atoms with Crippen LogP contribution in [0.25, 0.3) is 0 Å². The summed E-state index contributed by atoms with van der Waals surface area (Å²) in [5, 5.41) is 0. The van der Waals surface area contributed by atoms with Gasteiger partial charge in [-0.15, -0.1) is 0 Å². The zero-order valence-electron chi connectivity index (χ0n) is 12.5. The summed E-state index contributed by atoms with van der Waals surface area (Å²) in [7, 11) is 0. The third-order valence-electron chi connectivity index (χ3n) is 2.79. The Labute approximate surface area is 120 Å². The van der Waals surface area contributed by atoms with Crippen molar-refractivity contribution in [1.29, 1.82) is 0 Å². The standard InChI is InChI=1S/C16H23NO3/c1-4-6-13(3)17-12-20-15-9-7-14(8-10-15)11-16(18)19-5-2/h7-10,12-13H,4-6,11H2,1-3H3. The number of hydrogen-bond donors (Lipinski definition) is 0. The van der Waals surface area contributed by atoms with Crippen LogP contribution in [0.2, 0.25) is 0 Å². The number of nitrogens with zero attached hydrogens (tertiary/aromatic N) is 1. The molecule has 0 radical (unpaired) electrons. The molecule has 0 aliphatic heterocycles. The summed E-state index contributed by atoms with van der Waals surface area (Å²) in [6.07, 6.45) is 3.94. The molecule has 1 unspecified atom stereocenters. The van der Waals surface area contributed by atoms with Crippen molar-refractivity contribution in [3.8, 4) is 5.75 Å². The summed E-state index contributed by atoms with van der Waals surface area (Å²) in [5.41, 5.74) is 0.909. The fourth-order valence-electron chi connectivity index (χ4n) is 1.75. The number of carbonyl (C=O) groups excluding carboxylic acids is 1. The summed E-state index contributed by atoms with van der Waals surface area (Å²) in [4.78, 5) is 15.6. The first kappa shape index (κ1) is 16.2. The number of esters is 1. The van der Waals surface area contributed by atoms with Crippen LogP contribution in [0.5, 0.6) is 5.75 Å². The van der Waals surface area contributed by atoms with Gasteiger partial charge in [-0.2, -0.15) is 0 Å². The van der Waals surface area contributed by atoms with Crippen LogP contribution in [0.1, 0.15) is 39.2 Å². The molecule has 0 amide bonds. The van der Waals surface area contributed by atoms with Crippen LogP contribution in [-0.4, -0.2) is 25.0 Å². The predicted octanol–water partition coefficient (Wildman–Crippen LogP) is 3.39. The molecule has 4 nitrogen and oxygen atoms in total. The van der Waals surface area contributed by atoms with Gasteiger partial charge in [-0.3, -0.25) is 9.79 Å². The van der Waals surface area contributed by atoms with Gasteiger partial charge in [-0.25, -0.2) is 0 Å². The van der Waals surface area contributed by atoms with Crippen molar-refractivity contribution in [1.82, 2.24) is 0 Å². The van der Waals surface area contributed by atoms with E-state index in [1.54, 1.807) is 6.92 Å². The molecule has 20 heavy (non-hydrogen) atoms. The van der Waals surface area contributed by atoms with Crippen molar-refractivity contribution >= 4 is 12.4 Å². The van der Waals surface area contributed by atoms with E-state index in [0.717, 1.165) is 18.4 Å². The number of hydrogen-bond acceptors (Lipinski definition) is 4. The third kappa shape index (κ3) is 6.36. The maximum atomic E-state index is 11.3. The molecule has 0 aromatic heterocycles. The molecular weight excluding hydrogens is 254 g/mol. The summed E-state index contributed by atoms with van der Waals surface area (Å²) in [5.74, 6) is 0.501. The summed E-state index contributed by atoms with van der Waals surface area (Å²) >= 11 is 0. The summed E-state index contributed by atoms with van der Waals surface area (Å²) < 4.78 is 10.3. The van der Waals surface area contributed by atoms with Crippen molar-refractivity contribution in [3.05, 3.63) is 29.8 Å². The van der Waals surface area contributed by atoms with E-state index in [9.17, 15) is 4.79 Å². The number of benzene rings is 1. The molecule has 0 N–H and O–H groups in total. The fourth-order valence-corrected chi connectivity index (χ4v) is 1.75. The van der Waals surface area contributed by atoms with Crippen molar-refractivity contribution in [2.75, 3.05) is 6.61 Å². The van der Waals surface area contributed by atoms with Crippen LogP contribution in [-0.2, 0) is 16.0 Å². The van der Waals surface area contributed by atoms with Crippen molar-refractivity contribution in [2.24, 2.45) is 4.99 Å². The zero-order valence-corrected chi connectivity index (χ0v) is 12.5. The Kier molecular flexibility index (Phi) is 7.40. The van der Waals surface area contributed by atoms with Crippen molar-refractivity contribution in [2.45, 2.75) is 46.1 Å². The highest BCUT2D eigenvalue weighted by atomic mass is 16.5. The monoisotopic (exact) mass is 277 g/mol. The highest BCUT2D eigenvalue weighted by molar-refractivity contribution is 5.72. The lowest BCUT2D eigenvalue weighted by molar-refractivity contribution is -0.142. The van der Waals surface area contributed by atoms with Gasteiger partial charge >= 0.3 is 5.97 Å². The molecule has 110 valence electrons. The van der Waals surface area contributed by atoms with Gasteiger partial charge in [0.1, 0.15) is 5.75 Å². The quantitative estimate of drug-likeness (QED) is 0.416. The minimum atomic E-state index is -0.212. The van der Waals surface area contributed by atoms with E-state index in [-0.39, 0.29) is 18.4 Å². The normalized spacial score (nSPS) is 12.3. The molecule has 0 aliphatic carbocycles. The Hall–Kier alpha value is -1.84. The van der Waals surface area contributed by atoms with E-state index in [1.807, 2.05) is 24.3 Å². The smallest absolute Gasteiger partial charge is 0.310 e. The molecule has 0 spiro atoms. The zero-order chi connectivity index (χ0) is 14.8. The Bertz CT molecular complexity index is 426. The van der Waals surface area contributed by atoms with E-state index < -0.39 is 0 Å². The van der Waals surface area contributed by atoms with Crippen molar-refractivity contribution < 1.29 is 14.3 Å². The molecule has 0 saturated heterocycles. The Morgan fingerprint density at radius 3 is 2.60 bits per heavy atom. The average molecular weight is 277 g/mol. The maximum absolute atomic E-state index is 11.3. The van der Waals surface area contributed by atoms with Gasteiger partial charge in [0.25, 0.3) is 0 Å². The van der Waals surface area contributed by atoms with Gasteiger partial charge in [-0.1, -0.05) is 25.5 Å². The lowest BCUT2D eigenvalue weighted by atomic mass is 10.1. The summed E-state index contributed by atoms with van der Waals surface area (Å²) in [6.45, 7) is 6.40. The molecule has 0 saturated carbocycles. The molecule has 1 aromatic carbocycles. The van der Waals surface area contributed by atoms with Gasteiger partial charge in [-0.05, 0) is 38.0 Å². The lowest BCUT2D eigenvalue weighted by Gasteiger charge is -2.05. The molecular formula is C16H23NO3. The molecule has 1 aromatic rings. The predicted molar refractivity (Wildman–Crippen MR) is 80.3 cm³/mol. The molecule has 0 heterocycles. The third-order valence-corrected chi connectivity index (χ3v) is 2.79. The second kappa shape index (κ2) is 9.13. The van der Waals surface area contributed by atoms with Crippen LogP contribution < -0.4 is 4.74 Å². The largest absolute Gasteiger partial charge is 0.466 e. The Balaban J connectivity index is 2.44. The van der Waals surface area contributed by atoms with E-state index in [0.29, 0.717) is 12.4 Å². The number of rotatable bonds is 8. The van der Waals surface area contributed by atoms with Gasteiger partial charge in [0.15, 0.2) is 6.40 Å². The number of carbonyl (C=O) groups is 1. The van der Waals surface area contributed by atoms with Crippen LogP contribution in [0.4, 0.5) is 0 Å². The van der Waals surface area contributed by atoms with Crippen molar-refractivity contribution in [3.63, 3.8) is 0 Å². The second-order valence-electron chi connectivity index (χ2n) is 4.64. The first-order valence-electron chi connectivity index (χ1n) is 7.08. The highest BCUT2D eigenvalue weighted by Crippen LogP contribution is 2.12. The number of aliphatic imine (C=N–C) groups is 1. The second-order valence-corrected chi connectivity index (χ2v) is 4.64. The molecule has 0 aliphatic rings. The SMILES string of the molecule is CCCC(C)N=COc1ccc(CC(=O)OCC)cc1. The van der Waals surface area contributed by atoms with Gasteiger partial charge in [0.05, 0.1) is 19.1 Å². The molecule has 0 bridgehead atoms. The Morgan fingerprint density at radius 2 is 2.00 bits per heavy atom. The number of ether oxygens (including phenoxy) is 2. The van der Waals surface area contributed by atoms with E-state index in [1.165, 1.54) is 6.40 Å². The van der Waals surface area contributed by atoms with E-state index in [4.69, 9.17) is 9.47 Å². The highest BCUT2D eigenvalue weighted by Gasteiger charge is 2.03. The van der Waals surface area contributed by atoms with E-state index >= 15 is 0 Å². The summed E-state index contributed by atoms with van der Waals surface area (Å²) in [6, 6.07) is 7.64. The first-order valence-corrected chi connectivity index (χ1v) is 7.08. The van der Waals surface area contributed by atoms with Crippen LogP contribution in [0, 0.1) is 0 Å². The van der Waals surface area contributed by atoms with Gasteiger partial charge in [0.2, 0.25) is 0 Å². The molecule has 4 heteroatoms. The minimum absolute atomic E-state index is 0.212. The van der Waals surface area contributed by atoms with Gasteiger partial charge in [0, 0.05) is 0 Å². The Morgan fingerprint density at radius 1 is 1.30 bits per heavy atom. The van der Waals surface area contributed by atoms with Crippen LogP contribution >= 0.6 is 0 Å². The maximum Gasteiger partial charge on any atom is 0.310 e. The van der Waals surface area contributed by atoms with Gasteiger partial charge < -0.3 is 9.47 Å². The lowest BCUT2D eigenvalue weighted by Crippen LogP contribution is -2.07. The fraction of sp³-hybridized carbons (Fsp3) is 0.500. The average Bonchev–Trinajstić information content (AvgIpc) is 2.41. The van der Waals surface area contributed by atoms with Crippen LogP contribution in [0.15, 0.2) is 29.3 Å². The molecule has 1 rings (SSSR count). The molecule has 1 atom stereocenters. The topological polar surface area (TPSA) is 47.9 Å². The molecule has 0 fully saturated rings. The first-order chi connectivity index (χ1) is 9.65. The minimum Gasteiger partial charge on any atom is -0.466 e.